The maximum atomic E-state index is 11.7. The van der Waals surface area contributed by atoms with Gasteiger partial charge in [0.25, 0.3) is 11.8 Å². The first kappa shape index (κ1) is 15.0. The van der Waals surface area contributed by atoms with Crippen LogP contribution in [0.4, 0.5) is 0 Å². The number of halogens is 1. The number of carbonyl (C=O) groups is 1. The first-order chi connectivity index (χ1) is 10.6. The highest BCUT2D eigenvalue weighted by Gasteiger charge is 2.25. The molecule has 1 fully saturated rings. The lowest BCUT2D eigenvalue weighted by atomic mass is 10.2. The highest BCUT2D eigenvalue weighted by Crippen LogP contribution is 2.19. The van der Waals surface area contributed by atoms with E-state index in [-0.39, 0.29) is 5.91 Å². The van der Waals surface area contributed by atoms with Crippen LogP contribution < -0.4 is 10.2 Å². The number of carbonyl (C=O) groups excluding carboxylic acids is 1. The Hall–Kier alpha value is -1.92. The molecule has 0 saturated heterocycles. The molecule has 1 saturated carbocycles. The van der Waals surface area contributed by atoms with Crippen molar-refractivity contribution in [2.24, 2.45) is 0 Å². The van der Waals surface area contributed by atoms with Gasteiger partial charge < -0.3 is 14.7 Å². The Morgan fingerprint density at radius 2 is 2.14 bits per heavy atom. The van der Waals surface area contributed by atoms with Crippen LogP contribution in [-0.4, -0.2) is 35.7 Å². The van der Waals surface area contributed by atoms with Gasteiger partial charge in [-0.25, -0.2) is 0 Å². The summed E-state index contributed by atoms with van der Waals surface area (Å²) in [6.45, 7) is 0.911. The average Bonchev–Trinajstić information content (AvgIpc) is 3.16. The normalized spacial score (nSPS) is 15.5. The molecule has 3 rings (SSSR count). The Balaban J connectivity index is 1.56. The number of quaternary nitrogens is 1. The molecule has 6 nitrogen and oxygen atoms in total. The molecule has 1 unspecified atom stereocenters. The molecular formula is C15H18ClN4O2+. The maximum absolute atomic E-state index is 11.7. The fourth-order valence-corrected chi connectivity index (χ4v) is 2.27. The van der Waals surface area contributed by atoms with Crippen LogP contribution in [0, 0.1) is 0 Å². The van der Waals surface area contributed by atoms with E-state index in [0.29, 0.717) is 35.9 Å². The number of benzene rings is 1. The maximum Gasteiger partial charge on any atom is 0.282 e. The van der Waals surface area contributed by atoms with Crippen molar-refractivity contribution in [1.29, 1.82) is 0 Å². The van der Waals surface area contributed by atoms with Crippen molar-refractivity contribution in [1.82, 2.24) is 15.5 Å². The summed E-state index contributed by atoms with van der Waals surface area (Å²) in [5.41, 5.74) is 0.850. The highest BCUT2D eigenvalue weighted by atomic mass is 35.5. The Kier molecular flexibility index (Phi) is 4.40. The van der Waals surface area contributed by atoms with Crippen LogP contribution in [0.2, 0.25) is 5.02 Å². The lowest BCUT2D eigenvalue weighted by molar-refractivity contribution is -0.886. The molecule has 1 atom stereocenters. The Morgan fingerprint density at radius 1 is 1.41 bits per heavy atom. The summed E-state index contributed by atoms with van der Waals surface area (Å²) in [5.74, 6) is 1.11. The topological polar surface area (TPSA) is 72.5 Å². The molecule has 0 bridgehead atoms. The van der Waals surface area contributed by atoms with E-state index >= 15 is 0 Å². The smallest absolute Gasteiger partial charge is 0.282 e. The predicted molar refractivity (Wildman–Crippen MR) is 81.4 cm³/mol. The third-order valence-electron chi connectivity index (χ3n) is 3.43. The fourth-order valence-electron chi connectivity index (χ4n) is 2.14. The van der Waals surface area contributed by atoms with Gasteiger partial charge in [-0.1, -0.05) is 16.8 Å². The van der Waals surface area contributed by atoms with Crippen LogP contribution in [-0.2, 0) is 11.3 Å². The molecule has 2 aromatic rings. The zero-order valence-corrected chi connectivity index (χ0v) is 13.1. The number of likely N-dealkylation sites (N-methyl/N-ethyl adjacent to an activating group) is 1. The van der Waals surface area contributed by atoms with E-state index in [1.807, 2.05) is 19.2 Å². The molecule has 2 N–H and O–H groups in total. The van der Waals surface area contributed by atoms with Gasteiger partial charge in [0, 0.05) is 16.6 Å². The number of hydrogen-bond donors (Lipinski definition) is 2. The van der Waals surface area contributed by atoms with E-state index in [1.54, 1.807) is 12.1 Å². The quantitative estimate of drug-likeness (QED) is 0.821. The van der Waals surface area contributed by atoms with E-state index in [1.165, 1.54) is 0 Å². The van der Waals surface area contributed by atoms with Gasteiger partial charge in [-0.3, -0.25) is 4.79 Å². The minimum absolute atomic E-state index is 0.0671. The van der Waals surface area contributed by atoms with Gasteiger partial charge in [0.2, 0.25) is 5.82 Å². The zero-order chi connectivity index (χ0) is 15.5. The van der Waals surface area contributed by atoms with Crippen LogP contribution in [0.25, 0.3) is 11.4 Å². The molecule has 1 amide bonds. The lowest BCUT2D eigenvalue weighted by Crippen LogP contribution is -3.09. The van der Waals surface area contributed by atoms with Crippen LogP contribution in [0.15, 0.2) is 28.8 Å². The molecule has 22 heavy (non-hydrogen) atoms. The molecule has 1 aromatic heterocycles. The average molecular weight is 322 g/mol. The Bertz CT molecular complexity index is 652. The molecule has 1 heterocycles. The standard InChI is InChI=1S/C15H17ClN4O2/c1-20(8-13(21)17-12-6-7-12)9-14-18-15(19-22-14)10-2-4-11(16)5-3-10/h2-5,12H,6-9H2,1H3,(H,17,21)/p+1. The van der Waals surface area contributed by atoms with Crippen LogP contribution in [0.1, 0.15) is 18.7 Å². The van der Waals surface area contributed by atoms with Gasteiger partial charge in [-0.05, 0) is 37.1 Å². The second-order valence-corrected chi connectivity index (χ2v) is 6.11. The molecule has 0 radical (unpaired) electrons. The lowest BCUT2D eigenvalue weighted by Gasteiger charge is -2.10. The fraction of sp³-hybridized carbons (Fsp3) is 0.400. The highest BCUT2D eigenvalue weighted by molar-refractivity contribution is 6.30. The Morgan fingerprint density at radius 3 is 2.82 bits per heavy atom. The van der Waals surface area contributed by atoms with Gasteiger partial charge in [0.1, 0.15) is 0 Å². The molecular weight excluding hydrogens is 304 g/mol. The van der Waals surface area contributed by atoms with E-state index in [0.717, 1.165) is 23.3 Å². The van der Waals surface area contributed by atoms with Crippen LogP contribution in [0.5, 0.6) is 0 Å². The summed E-state index contributed by atoms with van der Waals surface area (Å²) < 4.78 is 5.25. The van der Waals surface area contributed by atoms with Crippen molar-refractivity contribution >= 4 is 17.5 Å². The molecule has 7 heteroatoms. The van der Waals surface area contributed by atoms with E-state index < -0.39 is 0 Å². The van der Waals surface area contributed by atoms with Gasteiger partial charge in [0.05, 0.1) is 7.05 Å². The van der Waals surface area contributed by atoms with Gasteiger partial charge in [-0.2, -0.15) is 4.98 Å². The van der Waals surface area contributed by atoms with Crippen molar-refractivity contribution in [3.8, 4) is 11.4 Å². The van der Waals surface area contributed by atoms with Gasteiger partial charge in [0.15, 0.2) is 13.1 Å². The van der Waals surface area contributed by atoms with Crippen LogP contribution >= 0.6 is 11.6 Å². The number of aromatic nitrogens is 2. The first-order valence-electron chi connectivity index (χ1n) is 7.29. The monoisotopic (exact) mass is 321 g/mol. The van der Waals surface area contributed by atoms with Crippen molar-refractivity contribution < 1.29 is 14.2 Å². The van der Waals surface area contributed by atoms with Crippen molar-refractivity contribution in [3.05, 3.63) is 35.2 Å². The second kappa shape index (κ2) is 6.46. The third-order valence-corrected chi connectivity index (χ3v) is 3.68. The molecule has 0 spiro atoms. The van der Waals surface area contributed by atoms with Crippen molar-refractivity contribution in [3.63, 3.8) is 0 Å². The molecule has 1 aromatic carbocycles. The summed E-state index contributed by atoms with van der Waals surface area (Å²) >= 11 is 5.86. The SMILES string of the molecule is C[NH+](CC(=O)NC1CC1)Cc1nc(-c2ccc(Cl)cc2)no1. The number of hydrogen-bond acceptors (Lipinski definition) is 4. The minimum Gasteiger partial charge on any atom is -0.348 e. The molecule has 0 aliphatic heterocycles. The molecule has 116 valence electrons. The van der Waals surface area contributed by atoms with Gasteiger partial charge >= 0.3 is 0 Å². The molecule has 1 aliphatic rings. The van der Waals surface area contributed by atoms with Crippen molar-refractivity contribution in [2.75, 3.05) is 13.6 Å². The number of nitrogens with zero attached hydrogens (tertiary/aromatic N) is 2. The number of nitrogens with one attached hydrogen (secondary N) is 2. The predicted octanol–water partition coefficient (Wildman–Crippen LogP) is 0.683. The number of amides is 1. The summed E-state index contributed by atoms with van der Waals surface area (Å²) in [6.07, 6.45) is 2.19. The van der Waals surface area contributed by atoms with Gasteiger partial charge in [-0.15, -0.1) is 0 Å². The first-order valence-corrected chi connectivity index (χ1v) is 7.67. The summed E-state index contributed by atoms with van der Waals surface area (Å²) in [5, 5.41) is 7.60. The summed E-state index contributed by atoms with van der Waals surface area (Å²) in [4.78, 5) is 17.1. The molecule has 1 aliphatic carbocycles. The van der Waals surface area contributed by atoms with E-state index in [4.69, 9.17) is 16.1 Å². The Labute approximate surface area is 133 Å². The second-order valence-electron chi connectivity index (χ2n) is 5.67. The van der Waals surface area contributed by atoms with Crippen LogP contribution in [0.3, 0.4) is 0 Å². The number of rotatable bonds is 6. The zero-order valence-electron chi connectivity index (χ0n) is 12.3. The van der Waals surface area contributed by atoms with E-state index in [9.17, 15) is 4.79 Å². The minimum atomic E-state index is 0.0671. The summed E-state index contributed by atoms with van der Waals surface area (Å²) in [6, 6.07) is 7.65. The largest absolute Gasteiger partial charge is 0.348 e. The summed E-state index contributed by atoms with van der Waals surface area (Å²) in [7, 11) is 1.93. The van der Waals surface area contributed by atoms with Crippen molar-refractivity contribution in [2.45, 2.75) is 25.4 Å². The van der Waals surface area contributed by atoms with E-state index in [2.05, 4.69) is 15.5 Å². The third kappa shape index (κ3) is 4.05.